The normalized spacial score (nSPS) is 15.3. The molecule has 2 rings (SSSR count). The van der Waals surface area contributed by atoms with Crippen molar-refractivity contribution in [3.8, 4) is 17.2 Å². The predicted molar refractivity (Wildman–Crippen MR) is 113 cm³/mol. The van der Waals surface area contributed by atoms with E-state index in [4.69, 9.17) is 19.0 Å². The van der Waals surface area contributed by atoms with E-state index in [0.717, 1.165) is 0 Å². The number of nitrogens with zero attached hydrogens (tertiary/aromatic N) is 2. The molecule has 0 unspecified atom stereocenters. The number of ketones is 1. The number of carbonyl (C=O) groups excluding carboxylic acids is 3. The molecule has 31 heavy (non-hydrogen) atoms. The fourth-order valence-corrected chi connectivity index (χ4v) is 3.17. The highest BCUT2D eigenvalue weighted by Crippen LogP contribution is 2.41. The average molecular weight is 437 g/mol. The van der Waals surface area contributed by atoms with Crippen LogP contribution >= 0.6 is 0 Å². The van der Waals surface area contributed by atoms with Gasteiger partial charge < -0.3 is 19.0 Å². The number of methoxy groups -OCH3 is 2. The molecule has 0 N–H and O–H groups in total. The van der Waals surface area contributed by atoms with Gasteiger partial charge in [0.1, 0.15) is 5.75 Å². The molecule has 0 radical (unpaired) electrons. The summed E-state index contributed by atoms with van der Waals surface area (Å²) < 4.78 is 16.4. The molecule has 0 bridgehead atoms. The van der Waals surface area contributed by atoms with Crippen LogP contribution in [-0.2, 0) is 21.0 Å². The lowest BCUT2D eigenvalue weighted by atomic mass is 9.98. The molecule has 0 amide bonds. The monoisotopic (exact) mass is 436 g/mol. The van der Waals surface area contributed by atoms with Gasteiger partial charge in [-0.15, -0.1) is 5.06 Å². The van der Waals surface area contributed by atoms with Crippen LogP contribution in [0, 0.1) is 5.41 Å². The Morgan fingerprint density at radius 1 is 0.968 bits per heavy atom. The van der Waals surface area contributed by atoms with E-state index in [2.05, 4.69) is 4.90 Å². The molecule has 0 spiro atoms. The van der Waals surface area contributed by atoms with E-state index in [1.165, 1.54) is 34.1 Å². The van der Waals surface area contributed by atoms with E-state index in [1.54, 1.807) is 5.06 Å². The number of hydrogen-bond donors (Lipinski definition) is 0. The number of Topliss-reactive ketones (excluding diaryl/α,β-unsaturated/α-hetero) is 1. The van der Waals surface area contributed by atoms with Gasteiger partial charge in [0, 0.05) is 39.6 Å². The Hall–Kier alpha value is -2.65. The Morgan fingerprint density at radius 3 is 2.03 bits per heavy atom. The maximum absolute atomic E-state index is 12.2. The van der Waals surface area contributed by atoms with Crippen LogP contribution in [0.15, 0.2) is 6.07 Å². The summed E-state index contributed by atoms with van der Waals surface area (Å²) >= 11 is 0. The van der Waals surface area contributed by atoms with Crippen LogP contribution in [0.5, 0.6) is 17.2 Å². The van der Waals surface area contributed by atoms with Crippen LogP contribution in [0.25, 0.3) is 0 Å². The molecule has 0 aliphatic carbocycles. The van der Waals surface area contributed by atoms with Crippen molar-refractivity contribution >= 4 is 17.7 Å². The SMILES string of the molecule is COc1cc(C(C)=O)c(OC(C)=O)c(CN2CCN(OC(=O)C(C)(C)C)CC2)c1OC. The first-order valence-corrected chi connectivity index (χ1v) is 10.1. The molecular weight excluding hydrogens is 404 g/mol. The first kappa shape index (κ1) is 24.6. The van der Waals surface area contributed by atoms with Crippen molar-refractivity contribution in [1.82, 2.24) is 9.96 Å². The highest BCUT2D eigenvalue weighted by Gasteiger charge is 2.30. The van der Waals surface area contributed by atoms with Crippen molar-refractivity contribution in [2.45, 2.75) is 41.2 Å². The third-order valence-electron chi connectivity index (χ3n) is 4.88. The zero-order chi connectivity index (χ0) is 23.3. The van der Waals surface area contributed by atoms with Gasteiger partial charge in [-0.1, -0.05) is 0 Å². The molecule has 172 valence electrons. The van der Waals surface area contributed by atoms with E-state index < -0.39 is 11.4 Å². The van der Waals surface area contributed by atoms with Gasteiger partial charge in [-0.2, -0.15) is 0 Å². The number of piperazine rings is 1. The van der Waals surface area contributed by atoms with Crippen LogP contribution < -0.4 is 14.2 Å². The molecule has 0 aromatic heterocycles. The van der Waals surface area contributed by atoms with Crippen LogP contribution in [0.4, 0.5) is 0 Å². The summed E-state index contributed by atoms with van der Waals surface area (Å²) in [5, 5.41) is 1.65. The molecule has 1 aromatic rings. The van der Waals surface area contributed by atoms with E-state index in [1.807, 2.05) is 20.8 Å². The highest BCUT2D eigenvalue weighted by atomic mass is 16.7. The molecule has 1 aromatic carbocycles. The third kappa shape index (κ3) is 6.18. The maximum atomic E-state index is 12.2. The van der Waals surface area contributed by atoms with Crippen molar-refractivity contribution in [1.29, 1.82) is 0 Å². The number of ether oxygens (including phenoxy) is 3. The molecule has 0 saturated carbocycles. The van der Waals surface area contributed by atoms with Crippen molar-refractivity contribution in [3.63, 3.8) is 0 Å². The molecule has 1 fully saturated rings. The van der Waals surface area contributed by atoms with Crippen molar-refractivity contribution in [2.24, 2.45) is 5.41 Å². The van der Waals surface area contributed by atoms with Gasteiger partial charge in [-0.3, -0.25) is 14.5 Å². The summed E-state index contributed by atoms with van der Waals surface area (Å²) in [6, 6.07) is 1.52. The van der Waals surface area contributed by atoms with E-state index >= 15 is 0 Å². The Balaban J connectivity index is 2.27. The van der Waals surface area contributed by atoms with Crippen molar-refractivity contribution < 1.29 is 33.4 Å². The first-order chi connectivity index (χ1) is 14.5. The second kappa shape index (κ2) is 10.1. The smallest absolute Gasteiger partial charge is 0.330 e. The zero-order valence-electron chi connectivity index (χ0n) is 19.4. The summed E-state index contributed by atoms with van der Waals surface area (Å²) in [4.78, 5) is 43.7. The summed E-state index contributed by atoms with van der Waals surface area (Å²) in [5.74, 6) is -0.0909. The van der Waals surface area contributed by atoms with E-state index in [-0.39, 0.29) is 23.1 Å². The summed E-state index contributed by atoms with van der Waals surface area (Å²) in [7, 11) is 2.98. The lowest BCUT2D eigenvalue weighted by molar-refractivity contribution is -0.207. The van der Waals surface area contributed by atoms with Crippen LogP contribution in [0.3, 0.4) is 0 Å². The quantitative estimate of drug-likeness (QED) is 0.363. The Morgan fingerprint density at radius 2 is 1.58 bits per heavy atom. The maximum Gasteiger partial charge on any atom is 0.330 e. The molecule has 9 heteroatoms. The fourth-order valence-electron chi connectivity index (χ4n) is 3.17. The molecule has 1 aliphatic heterocycles. The van der Waals surface area contributed by atoms with Gasteiger partial charge in [0.25, 0.3) is 0 Å². The van der Waals surface area contributed by atoms with E-state index in [0.29, 0.717) is 49.8 Å². The third-order valence-corrected chi connectivity index (χ3v) is 4.88. The standard InChI is InChI=1S/C22H32N2O7/c1-14(25)16-12-18(28-6)20(29-7)17(19(16)30-15(2)26)13-23-8-10-24(11-9-23)31-21(27)22(3,4)5/h12H,8-11,13H2,1-7H3. The highest BCUT2D eigenvalue weighted by molar-refractivity contribution is 5.99. The van der Waals surface area contributed by atoms with Gasteiger partial charge in [0.15, 0.2) is 17.3 Å². The van der Waals surface area contributed by atoms with E-state index in [9.17, 15) is 14.4 Å². The largest absolute Gasteiger partial charge is 0.493 e. The molecule has 1 aliphatic rings. The second-order valence-corrected chi connectivity index (χ2v) is 8.45. The summed E-state index contributed by atoms with van der Waals surface area (Å²) in [6.07, 6.45) is 0. The lowest BCUT2D eigenvalue weighted by Crippen LogP contribution is -2.47. The van der Waals surface area contributed by atoms with Crippen LogP contribution in [0.2, 0.25) is 0 Å². The first-order valence-electron chi connectivity index (χ1n) is 10.1. The minimum absolute atomic E-state index is 0.180. The van der Waals surface area contributed by atoms with Crippen LogP contribution in [0.1, 0.15) is 50.5 Å². The number of esters is 1. The van der Waals surface area contributed by atoms with Gasteiger partial charge in [-0.25, -0.2) is 4.79 Å². The van der Waals surface area contributed by atoms with Gasteiger partial charge >= 0.3 is 11.9 Å². The molecule has 1 saturated heterocycles. The average Bonchev–Trinajstić information content (AvgIpc) is 2.68. The number of benzene rings is 1. The Bertz CT molecular complexity index is 837. The number of hydroxylamine groups is 2. The summed E-state index contributed by atoms with van der Waals surface area (Å²) in [6.45, 7) is 10.7. The molecule has 1 heterocycles. The molecule has 0 atom stereocenters. The van der Waals surface area contributed by atoms with Crippen molar-refractivity contribution in [2.75, 3.05) is 40.4 Å². The molecule has 9 nitrogen and oxygen atoms in total. The Labute approximate surface area is 183 Å². The van der Waals surface area contributed by atoms with Crippen molar-refractivity contribution in [3.05, 3.63) is 17.2 Å². The predicted octanol–water partition coefficient (Wildman–Crippen LogP) is 2.45. The number of rotatable bonds is 7. The summed E-state index contributed by atoms with van der Waals surface area (Å²) in [5.41, 5.74) is 0.232. The van der Waals surface area contributed by atoms with Gasteiger partial charge in [0.05, 0.1) is 30.8 Å². The fraction of sp³-hybridized carbons (Fsp3) is 0.591. The minimum Gasteiger partial charge on any atom is -0.493 e. The number of hydrogen-bond acceptors (Lipinski definition) is 9. The second-order valence-electron chi connectivity index (χ2n) is 8.45. The van der Waals surface area contributed by atoms with Gasteiger partial charge in [-0.05, 0) is 33.8 Å². The Kier molecular flexibility index (Phi) is 8.02. The zero-order valence-corrected chi connectivity index (χ0v) is 19.4. The molecular formula is C22H32N2O7. The minimum atomic E-state index is -0.576. The topological polar surface area (TPSA) is 94.6 Å². The lowest BCUT2D eigenvalue weighted by Gasteiger charge is -2.35. The van der Waals surface area contributed by atoms with Crippen LogP contribution in [-0.4, -0.2) is 68.1 Å². The van der Waals surface area contributed by atoms with Gasteiger partial charge in [0.2, 0.25) is 0 Å². The number of carbonyl (C=O) groups is 3.